The molecule has 0 atom stereocenters. The second-order valence-electron chi connectivity index (χ2n) is 8.37. The fourth-order valence-corrected chi connectivity index (χ4v) is 5.06. The minimum atomic E-state index is 0.555. The van der Waals surface area contributed by atoms with Gasteiger partial charge in [0.05, 0.1) is 22.3 Å². The van der Waals surface area contributed by atoms with E-state index in [4.69, 9.17) is 4.42 Å². The van der Waals surface area contributed by atoms with Gasteiger partial charge in [0, 0.05) is 45.1 Å². The molecule has 4 heteroatoms. The van der Waals surface area contributed by atoms with Crippen LogP contribution in [0.15, 0.2) is 108 Å². The smallest absolute Gasteiger partial charge is 0.136 e. The zero-order valence-corrected chi connectivity index (χ0v) is 18.1. The van der Waals surface area contributed by atoms with Crippen LogP contribution in [0.3, 0.4) is 0 Å². The molecule has 3 aromatic heterocycles. The first-order valence-corrected chi connectivity index (χ1v) is 11.1. The highest BCUT2D eigenvalue weighted by Gasteiger charge is 2.19. The van der Waals surface area contributed by atoms with Crippen LogP contribution < -0.4 is 0 Å². The lowest BCUT2D eigenvalue weighted by Gasteiger charge is -2.14. The van der Waals surface area contributed by atoms with Crippen LogP contribution >= 0.6 is 0 Å². The summed E-state index contributed by atoms with van der Waals surface area (Å²) in [5.74, 6) is 0. The van der Waals surface area contributed by atoms with Gasteiger partial charge in [-0.15, -0.1) is 0 Å². The minimum Gasteiger partial charge on any atom is -0.456 e. The number of aromatic nitrogens is 2. The van der Waals surface area contributed by atoms with Crippen LogP contribution in [0.5, 0.6) is 0 Å². The third-order valence-electron chi connectivity index (χ3n) is 6.55. The highest BCUT2D eigenvalue weighted by molar-refractivity contribution is 6.17. The van der Waals surface area contributed by atoms with Crippen molar-refractivity contribution in [2.24, 2.45) is 0 Å². The van der Waals surface area contributed by atoms with Crippen LogP contribution in [0, 0.1) is 11.3 Å². The number of hydrogen-bond donors (Lipinski definition) is 0. The molecule has 0 saturated heterocycles. The fourth-order valence-electron chi connectivity index (χ4n) is 5.06. The normalized spacial score (nSPS) is 11.5. The maximum Gasteiger partial charge on any atom is 0.136 e. The van der Waals surface area contributed by atoms with E-state index in [0.717, 1.165) is 60.6 Å². The third kappa shape index (κ3) is 2.55. The van der Waals surface area contributed by atoms with Gasteiger partial charge in [0.25, 0.3) is 0 Å². The van der Waals surface area contributed by atoms with Crippen molar-refractivity contribution in [2.45, 2.75) is 0 Å². The number of rotatable bonds is 2. The average Bonchev–Trinajstić information content (AvgIpc) is 3.42. The van der Waals surface area contributed by atoms with E-state index in [1.807, 2.05) is 36.4 Å². The standard InChI is InChI=1S/C30H17N3O/c31-17-19-18-32-14-13-20(19)21-7-1-4-10-26(21)33-27-11-5-2-8-22(27)24-16-30-25(15-28(24)33)23-9-3-6-12-29(23)34-30/h1-16,18H. The fraction of sp³-hybridized carbons (Fsp3) is 0. The molecule has 4 nitrogen and oxygen atoms in total. The summed E-state index contributed by atoms with van der Waals surface area (Å²) >= 11 is 0. The molecule has 0 fully saturated rings. The van der Waals surface area contributed by atoms with Gasteiger partial charge in [-0.25, -0.2) is 0 Å². The Bertz CT molecular complexity index is 1930. The molecule has 0 N–H and O–H groups in total. The lowest BCUT2D eigenvalue weighted by molar-refractivity contribution is 0.669. The van der Waals surface area contributed by atoms with Gasteiger partial charge in [0.15, 0.2) is 0 Å². The maximum absolute atomic E-state index is 9.73. The van der Waals surface area contributed by atoms with Gasteiger partial charge in [-0.05, 0) is 36.4 Å². The second-order valence-corrected chi connectivity index (χ2v) is 8.37. The molecule has 158 valence electrons. The van der Waals surface area contributed by atoms with Gasteiger partial charge in [-0.3, -0.25) is 4.98 Å². The topological polar surface area (TPSA) is 54.8 Å². The summed E-state index contributed by atoms with van der Waals surface area (Å²) in [6, 6.07) is 33.4. The molecule has 0 amide bonds. The molecule has 0 aliphatic rings. The number of benzene rings is 4. The molecule has 7 rings (SSSR count). The van der Waals surface area contributed by atoms with Crippen molar-refractivity contribution in [3.8, 4) is 22.9 Å². The molecule has 0 aliphatic carbocycles. The van der Waals surface area contributed by atoms with Gasteiger partial charge < -0.3 is 8.98 Å². The number of para-hydroxylation sites is 3. The molecule has 0 aliphatic heterocycles. The van der Waals surface area contributed by atoms with E-state index in [-0.39, 0.29) is 0 Å². The predicted molar refractivity (Wildman–Crippen MR) is 136 cm³/mol. The van der Waals surface area contributed by atoms with E-state index >= 15 is 0 Å². The minimum absolute atomic E-state index is 0.555. The Balaban J connectivity index is 1.64. The average molecular weight is 435 g/mol. The molecule has 4 aromatic carbocycles. The number of fused-ring (bicyclic) bond motifs is 6. The largest absolute Gasteiger partial charge is 0.456 e. The van der Waals surface area contributed by atoms with Crippen molar-refractivity contribution in [1.82, 2.24) is 9.55 Å². The molecule has 0 unspecified atom stereocenters. The molecule has 34 heavy (non-hydrogen) atoms. The lowest BCUT2D eigenvalue weighted by atomic mass is 10.0. The van der Waals surface area contributed by atoms with Gasteiger partial charge in [-0.2, -0.15) is 5.26 Å². The number of furan rings is 1. The maximum atomic E-state index is 9.73. The number of nitriles is 1. The van der Waals surface area contributed by atoms with Crippen molar-refractivity contribution in [3.05, 3.63) is 109 Å². The van der Waals surface area contributed by atoms with Crippen LogP contribution in [0.2, 0.25) is 0 Å². The Morgan fingerprint density at radius 3 is 2.38 bits per heavy atom. The Labute approximate surface area is 194 Å². The lowest BCUT2D eigenvalue weighted by Crippen LogP contribution is -1.98. The van der Waals surface area contributed by atoms with Crippen molar-refractivity contribution in [3.63, 3.8) is 0 Å². The first kappa shape index (κ1) is 18.7. The van der Waals surface area contributed by atoms with Crippen LogP contribution in [0.1, 0.15) is 5.56 Å². The van der Waals surface area contributed by atoms with E-state index in [2.05, 4.69) is 70.2 Å². The van der Waals surface area contributed by atoms with Crippen LogP contribution in [-0.2, 0) is 0 Å². The monoisotopic (exact) mass is 435 g/mol. The van der Waals surface area contributed by atoms with Crippen LogP contribution in [0.4, 0.5) is 0 Å². The van der Waals surface area contributed by atoms with Crippen molar-refractivity contribution in [2.75, 3.05) is 0 Å². The zero-order chi connectivity index (χ0) is 22.6. The predicted octanol–water partition coefficient (Wildman–Crippen LogP) is 7.62. The van der Waals surface area contributed by atoms with Gasteiger partial charge in [0.1, 0.15) is 17.2 Å². The molecule has 3 heterocycles. The molecular formula is C30H17N3O. The first-order valence-electron chi connectivity index (χ1n) is 11.1. The van der Waals surface area contributed by atoms with Gasteiger partial charge >= 0.3 is 0 Å². The molecule has 0 spiro atoms. The summed E-state index contributed by atoms with van der Waals surface area (Å²) in [5.41, 5.74) is 7.40. The number of hydrogen-bond acceptors (Lipinski definition) is 3. The molecule has 0 bridgehead atoms. The molecular weight excluding hydrogens is 418 g/mol. The Hall–Kier alpha value is -4.88. The zero-order valence-electron chi connectivity index (χ0n) is 18.1. The van der Waals surface area contributed by atoms with Crippen LogP contribution in [-0.4, -0.2) is 9.55 Å². The first-order chi connectivity index (χ1) is 16.8. The van der Waals surface area contributed by atoms with Crippen molar-refractivity contribution >= 4 is 43.7 Å². The van der Waals surface area contributed by atoms with E-state index in [1.54, 1.807) is 12.4 Å². The van der Waals surface area contributed by atoms with Crippen molar-refractivity contribution < 1.29 is 4.42 Å². The molecule has 7 aromatic rings. The summed E-state index contributed by atoms with van der Waals surface area (Å²) in [7, 11) is 0. The van der Waals surface area contributed by atoms with Gasteiger partial charge in [0.2, 0.25) is 0 Å². The van der Waals surface area contributed by atoms with E-state index in [0.29, 0.717) is 5.56 Å². The summed E-state index contributed by atoms with van der Waals surface area (Å²) in [5, 5.41) is 14.2. The summed E-state index contributed by atoms with van der Waals surface area (Å²) in [6.07, 6.45) is 3.36. The second kappa shape index (κ2) is 7.06. The summed E-state index contributed by atoms with van der Waals surface area (Å²) in [6.45, 7) is 0. The third-order valence-corrected chi connectivity index (χ3v) is 6.55. The summed E-state index contributed by atoms with van der Waals surface area (Å²) < 4.78 is 8.49. The van der Waals surface area contributed by atoms with E-state index < -0.39 is 0 Å². The van der Waals surface area contributed by atoms with E-state index in [1.165, 1.54) is 0 Å². The number of nitrogens with zero attached hydrogens (tertiary/aromatic N) is 3. The van der Waals surface area contributed by atoms with Crippen LogP contribution in [0.25, 0.3) is 60.6 Å². The van der Waals surface area contributed by atoms with Gasteiger partial charge in [-0.1, -0.05) is 54.6 Å². The molecule has 0 saturated carbocycles. The Morgan fingerprint density at radius 2 is 1.47 bits per heavy atom. The highest BCUT2D eigenvalue weighted by atomic mass is 16.3. The summed E-state index contributed by atoms with van der Waals surface area (Å²) in [4.78, 5) is 4.15. The molecule has 0 radical (unpaired) electrons. The quantitative estimate of drug-likeness (QED) is 0.281. The van der Waals surface area contributed by atoms with E-state index in [9.17, 15) is 5.26 Å². The Morgan fingerprint density at radius 1 is 0.676 bits per heavy atom. The highest BCUT2D eigenvalue weighted by Crippen LogP contribution is 2.40. The number of pyridine rings is 1. The van der Waals surface area contributed by atoms with Crippen molar-refractivity contribution in [1.29, 1.82) is 5.26 Å². The SMILES string of the molecule is N#Cc1cnccc1-c1ccccc1-n1c2ccccc2c2cc3oc4ccccc4c3cc21. The Kier molecular flexibility index (Phi) is 3.88.